The predicted octanol–water partition coefficient (Wildman–Crippen LogP) is 0.369. The average molecular weight is 327 g/mol. The fraction of sp³-hybridized carbons (Fsp3) is 0.188. The summed E-state index contributed by atoms with van der Waals surface area (Å²) in [6.45, 7) is 6.02. The van der Waals surface area contributed by atoms with E-state index in [0.29, 0.717) is 5.56 Å². The number of rotatable bonds is 2. The molecule has 2 rings (SSSR count). The van der Waals surface area contributed by atoms with E-state index in [1.54, 1.807) is 0 Å². The molecule has 22 heavy (non-hydrogen) atoms. The Morgan fingerprint density at radius 3 is 1.95 bits per heavy atom. The fourth-order valence-electron chi connectivity index (χ4n) is 2.39. The van der Waals surface area contributed by atoms with Crippen LogP contribution in [0, 0.1) is 20.8 Å². The first-order valence-corrected chi connectivity index (χ1v) is 7.44. The van der Waals surface area contributed by atoms with Crippen LogP contribution in [0.25, 0.3) is 11.1 Å². The van der Waals surface area contributed by atoms with Crippen molar-refractivity contribution in [2.45, 2.75) is 20.8 Å². The Hall–Kier alpha value is -0.870. The van der Waals surface area contributed by atoms with E-state index in [1.165, 1.54) is 5.56 Å². The van der Waals surface area contributed by atoms with Gasteiger partial charge in [-0.15, -0.1) is 32.5 Å². The van der Waals surface area contributed by atoms with Gasteiger partial charge in [0.15, 0.2) is 0 Å². The second-order valence-corrected chi connectivity index (χ2v) is 5.11. The molecule has 0 atom stereocenters. The zero-order valence-corrected chi connectivity index (χ0v) is 16.0. The minimum absolute atomic E-state index is 0. The smallest absolute Gasteiger partial charge is 0.376 e. The maximum atomic E-state index is 11.0. The molecule has 0 aromatic heterocycles. The monoisotopic (exact) mass is 327 g/mol. The molecule has 0 saturated heterocycles. The topological polar surface area (TPSA) is 74.6 Å². The van der Waals surface area contributed by atoms with Crippen LogP contribution in [-0.2, 0) is 9.36 Å². The van der Waals surface area contributed by atoms with E-state index in [1.807, 2.05) is 32.0 Å². The quantitative estimate of drug-likeness (QED) is 0.475. The first-order valence-electron chi connectivity index (χ1n) is 6.27. The van der Waals surface area contributed by atoms with E-state index in [4.69, 9.17) is 14.4 Å². The van der Waals surface area contributed by atoms with Crippen LogP contribution < -0.4 is 29.6 Å². The van der Waals surface area contributed by atoms with Crippen LogP contribution in [0.15, 0.2) is 36.4 Å². The molecule has 0 aliphatic carbocycles. The Balaban J connectivity index is 0.000000791. The number of carbonyl (C=O) groups excluding carboxylic acids is 1. The summed E-state index contributed by atoms with van der Waals surface area (Å²) in [5, 5.41) is 0. The van der Waals surface area contributed by atoms with Gasteiger partial charge in [0, 0.05) is 4.57 Å². The van der Waals surface area contributed by atoms with Gasteiger partial charge in [-0.2, -0.15) is 0 Å². The number of benzene rings is 2. The van der Waals surface area contributed by atoms with Crippen molar-refractivity contribution in [2.24, 2.45) is 0 Å². The molecule has 0 heterocycles. The molecule has 6 heteroatoms. The minimum atomic E-state index is -2.87. The van der Waals surface area contributed by atoms with Crippen molar-refractivity contribution in [1.82, 2.24) is 0 Å². The van der Waals surface area contributed by atoms with Crippen LogP contribution in [0.5, 0.6) is 0 Å². The molecule has 2 aromatic rings. The molecule has 0 aliphatic heterocycles. The molecular weight excluding hydrogens is 310 g/mol. The van der Waals surface area contributed by atoms with Crippen LogP contribution in [0.2, 0.25) is 0 Å². The van der Waals surface area contributed by atoms with E-state index in [2.05, 4.69) is 31.4 Å². The molecule has 4 nitrogen and oxygen atoms in total. The molecule has 2 aromatic carbocycles. The van der Waals surface area contributed by atoms with Crippen LogP contribution in [0.1, 0.15) is 22.3 Å². The van der Waals surface area contributed by atoms with Crippen molar-refractivity contribution in [2.75, 3.05) is 0 Å². The third-order valence-corrected chi connectivity index (χ3v) is 3.14. The normalized spacial score (nSPS) is 9.14. The summed E-state index contributed by atoms with van der Waals surface area (Å²) in [7, 11) is -2.87. The van der Waals surface area contributed by atoms with E-state index < -0.39 is 8.25 Å². The average Bonchev–Trinajstić information content (AvgIpc) is 2.39. The predicted molar refractivity (Wildman–Crippen MR) is 82.9 cm³/mol. The van der Waals surface area contributed by atoms with Crippen molar-refractivity contribution in [3.63, 3.8) is 0 Å². The zero-order chi connectivity index (χ0) is 16.0. The Morgan fingerprint density at radius 1 is 1.00 bits per heavy atom. The second-order valence-electron chi connectivity index (χ2n) is 4.61. The summed E-state index contributed by atoms with van der Waals surface area (Å²) in [6, 6.07) is 12.2. The number of hydrogen-bond donors (Lipinski definition) is 2. The second kappa shape index (κ2) is 10.0. The van der Waals surface area contributed by atoms with Crippen molar-refractivity contribution < 1.29 is 48.7 Å². The molecule has 0 saturated carbocycles. The van der Waals surface area contributed by atoms with Crippen molar-refractivity contribution in [1.29, 1.82) is 0 Å². The summed E-state index contributed by atoms with van der Waals surface area (Å²) in [6.07, 6.45) is 2.05. The standard InChI is InChI=1S/C16H15O.Na.HO3P/c1-11-9-12(2)16(13(3)15(11)10-17)14-7-5-4-6-8-14;;1-4(2)3/h4-9H,1-3H3;;(H-,1,2,3)/q-1;+1;/p+1. The molecular formula is C16H17NaO4P+. The minimum Gasteiger partial charge on any atom is -0.376 e. The summed E-state index contributed by atoms with van der Waals surface area (Å²) >= 11 is 0. The Morgan fingerprint density at radius 2 is 1.50 bits per heavy atom. The van der Waals surface area contributed by atoms with Gasteiger partial charge in [-0.3, -0.25) is 0 Å². The molecule has 0 bridgehead atoms. The van der Waals surface area contributed by atoms with Crippen molar-refractivity contribution >= 4 is 14.5 Å². The first-order chi connectivity index (χ1) is 9.88. The first kappa shape index (κ1) is 21.1. The van der Waals surface area contributed by atoms with Crippen molar-refractivity contribution in [3.05, 3.63) is 58.7 Å². The van der Waals surface area contributed by atoms with E-state index in [-0.39, 0.29) is 29.6 Å². The molecule has 0 aliphatic rings. The van der Waals surface area contributed by atoms with Gasteiger partial charge >= 0.3 is 37.8 Å². The Labute approximate surface area is 153 Å². The summed E-state index contributed by atoms with van der Waals surface area (Å²) < 4.78 is 8.70. The SMILES string of the molecule is Cc1cc(C)c(-c2ccccc2)c(C)c1[C-]=O.O=[P+](O)O.[Na+]. The van der Waals surface area contributed by atoms with Crippen molar-refractivity contribution in [3.8, 4) is 11.1 Å². The molecule has 110 valence electrons. The van der Waals surface area contributed by atoms with Gasteiger partial charge in [-0.1, -0.05) is 55.3 Å². The third-order valence-electron chi connectivity index (χ3n) is 3.14. The third kappa shape index (κ3) is 5.73. The molecule has 2 N–H and O–H groups in total. The molecule has 0 amide bonds. The van der Waals surface area contributed by atoms with Crippen LogP contribution >= 0.6 is 8.25 Å². The van der Waals surface area contributed by atoms with E-state index >= 15 is 0 Å². The van der Waals surface area contributed by atoms with Crippen LogP contribution in [0.3, 0.4) is 0 Å². The summed E-state index contributed by atoms with van der Waals surface area (Å²) in [5.41, 5.74) is 6.20. The van der Waals surface area contributed by atoms with Gasteiger partial charge in [0.25, 0.3) is 0 Å². The maximum absolute atomic E-state index is 11.0. The molecule has 0 radical (unpaired) electrons. The largest absolute Gasteiger partial charge is 1.00 e. The summed E-state index contributed by atoms with van der Waals surface area (Å²) in [4.78, 5) is 25.3. The van der Waals surface area contributed by atoms with Gasteiger partial charge in [0.1, 0.15) is 0 Å². The Bertz CT molecular complexity index is 653. The zero-order valence-electron chi connectivity index (χ0n) is 13.1. The molecule has 0 spiro atoms. The number of hydrogen-bond acceptors (Lipinski definition) is 2. The maximum Gasteiger partial charge on any atom is 1.00 e. The molecule has 0 unspecified atom stereocenters. The Kier molecular flexibility index (Phi) is 9.61. The van der Waals surface area contributed by atoms with E-state index in [9.17, 15) is 4.79 Å². The summed E-state index contributed by atoms with van der Waals surface area (Å²) in [5.74, 6) is 0. The van der Waals surface area contributed by atoms with Gasteiger partial charge in [-0.25, -0.2) is 0 Å². The van der Waals surface area contributed by atoms with Crippen LogP contribution in [-0.4, -0.2) is 16.1 Å². The van der Waals surface area contributed by atoms with Gasteiger partial charge in [0.2, 0.25) is 0 Å². The van der Waals surface area contributed by atoms with E-state index in [0.717, 1.165) is 22.3 Å². The number of aryl methyl sites for hydroxylation is 2. The van der Waals surface area contributed by atoms with Gasteiger partial charge in [-0.05, 0) is 12.5 Å². The van der Waals surface area contributed by atoms with Gasteiger partial charge < -0.3 is 4.79 Å². The molecule has 0 fully saturated rings. The van der Waals surface area contributed by atoms with Gasteiger partial charge in [0.05, 0.1) is 6.29 Å². The fourth-order valence-corrected chi connectivity index (χ4v) is 2.39. The van der Waals surface area contributed by atoms with Crippen LogP contribution in [0.4, 0.5) is 0 Å².